The molecule has 41 heavy (non-hydrogen) atoms. The summed E-state index contributed by atoms with van der Waals surface area (Å²) in [6.45, 7) is 0.670. The van der Waals surface area contributed by atoms with E-state index in [1.165, 1.54) is 31.4 Å². The molecule has 1 saturated heterocycles. The van der Waals surface area contributed by atoms with E-state index in [0.717, 1.165) is 18.4 Å². The van der Waals surface area contributed by atoms with Crippen LogP contribution in [0.25, 0.3) is 0 Å². The largest absolute Gasteiger partial charge is 0.497 e. The van der Waals surface area contributed by atoms with Gasteiger partial charge in [-0.05, 0) is 60.4 Å². The van der Waals surface area contributed by atoms with Crippen LogP contribution in [0.5, 0.6) is 17.2 Å². The van der Waals surface area contributed by atoms with Gasteiger partial charge in [-0.2, -0.15) is 0 Å². The molecule has 2 heterocycles. The molecule has 4 rings (SSSR count). The zero-order valence-corrected chi connectivity index (χ0v) is 23.4. The van der Waals surface area contributed by atoms with Gasteiger partial charge in [-0.15, -0.1) is 0 Å². The first-order valence-electron chi connectivity index (χ1n) is 13.3. The van der Waals surface area contributed by atoms with Crippen LogP contribution < -0.4 is 24.8 Å². The number of amides is 3. The van der Waals surface area contributed by atoms with Crippen LogP contribution in [-0.4, -0.2) is 69.8 Å². The summed E-state index contributed by atoms with van der Waals surface area (Å²) in [4.78, 5) is 41.6. The molecule has 11 nitrogen and oxygen atoms in total. The third kappa shape index (κ3) is 7.57. The molecule has 1 aliphatic rings. The second kappa shape index (κ2) is 14.2. The number of hydrogen-bond acceptors (Lipinski definition) is 8. The minimum atomic E-state index is -1.06. The molecule has 1 fully saturated rings. The Labute approximate surface area is 238 Å². The summed E-state index contributed by atoms with van der Waals surface area (Å²) < 4.78 is 27.0. The lowest BCUT2D eigenvalue weighted by Gasteiger charge is -2.32. The first-order valence-corrected chi connectivity index (χ1v) is 13.3. The molecule has 2 aromatic carbocycles. The van der Waals surface area contributed by atoms with Crippen LogP contribution in [0, 0.1) is 0 Å². The first-order chi connectivity index (χ1) is 19.9. The number of carbonyl (C=O) groups excluding carboxylic acids is 3. The molecule has 0 aliphatic carbocycles. The first kappa shape index (κ1) is 29.5. The van der Waals surface area contributed by atoms with Crippen molar-refractivity contribution in [2.45, 2.75) is 31.5 Å². The summed E-state index contributed by atoms with van der Waals surface area (Å²) in [5.74, 6) is 0.199. The number of hydrogen-bond donors (Lipinski definition) is 2. The summed E-state index contributed by atoms with van der Waals surface area (Å²) in [5, 5.41) is 5.56. The number of nitrogens with one attached hydrogen (secondary N) is 2. The van der Waals surface area contributed by atoms with Gasteiger partial charge in [0.15, 0.2) is 17.3 Å². The Hall–Kier alpha value is -4.51. The molecule has 2 atom stereocenters. The number of nitrogens with zero attached hydrogens (tertiary/aromatic N) is 1. The molecule has 0 spiro atoms. The molecule has 3 aromatic rings. The number of carbonyl (C=O) groups is 3. The predicted molar refractivity (Wildman–Crippen MR) is 149 cm³/mol. The average Bonchev–Trinajstić information content (AvgIpc) is 3.74. The van der Waals surface area contributed by atoms with E-state index >= 15 is 0 Å². The van der Waals surface area contributed by atoms with Gasteiger partial charge in [0.1, 0.15) is 11.8 Å². The minimum absolute atomic E-state index is 0.0743. The Morgan fingerprint density at radius 1 is 0.976 bits per heavy atom. The SMILES string of the molecule is COc1ccc(CN(C(=O)CNC(=O)c2ccco2)[C@H](C(=O)NC[C@H]2CCCO2)c2ccc(OC)c(OC)c2)cc1. The van der Waals surface area contributed by atoms with Crippen molar-refractivity contribution < 1.29 is 37.7 Å². The van der Waals surface area contributed by atoms with Crippen molar-refractivity contribution in [3.63, 3.8) is 0 Å². The topological polar surface area (TPSA) is 129 Å². The standard InChI is InChI=1S/C30H35N3O8/c1-37-22-11-8-20(9-12-22)19-33(27(34)18-32-29(35)25-7-5-15-41-25)28(30(36)31-17-23-6-4-14-40-23)21-10-13-24(38-2)26(16-21)39-3/h5,7-13,15-16,23,28H,4,6,14,17-19H2,1-3H3,(H,31,36)(H,32,35)/t23-,28+/m1/s1. The fraction of sp³-hybridized carbons (Fsp3) is 0.367. The molecule has 0 unspecified atom stereocenters. The fourth-order valence-electron chi connectivity index (χ4n) is 4.62. The molecule has 2 N–H and O–H groups in total. The molecule has 0 saturated carbocycles. The van der Waals surface area contributed by atoms with Crippen molar-refractivity contribution in [2.75, 3.05) is 41.0 Å². The molecule has 3 amide bonds. The van der Waals surface area contributed by atoms with Crippen LogP contribution in [0.4, 0.5) is 0 Å². The van der Waals surface area contributed by atoms with Crippen LogP contribution in [-0.2, 0) is 20.9 Å². The van der Waals surface area contributed by atoms with Gasteiger partial charge in [0.05, 0.1) is 40.2 Å². The van der Waals surface area contributed by atoms with Crippen LogP contribution >= 0.6 is 0 Å². The second-order valence-corrected chi connectivity index (χ2v) is 9.43. The monoisotopic (exact) mass is 565 g/mol. The highest BCUT2D eigenvalue weighted by Crippen LogP contribution is 2.33. The molecule has 218 valence electrons. The van der Waals surface area contributed by atoms with Crippen LogP contribution in [0.15, 0.2) is 65.3 Å². The molecule has 1 aromatic heterocycles. The number of methoxy groups -OCH3 is 3. The van der Waals surface area contributed by atoms with Crippen LogP contribution in [0.2, 0.25) is 0 Å². The predicted octanol–water partition coefficient (Wildman–Crippen LogP) is 3.10. The van der Waals surface area contributed by atoms with Gasteiger partial charge in [-0.3, -0.25) is 14.4 Å². The highest BCUT2D eigenvalue weighted by Gasteiger charge is 2.33. The third-order valence-electron chi connectivity index (χ3n) is 6.79. The molecular formula is C30H35N3O8. The zero-order chi connectivity index (χ0) is 29.2. The molecule has 1 aliphatic heterocycles. The average molecular weight is 566 g/mol. The normalized spacial score (nSPS) is 15.0. The van der Waals surface area contributed by atoms with E-state index in [4.69, 9.17) is 23.4 Å². The van der Waals surface area contributed by atoms with E-state index in [0.29, 0.717) is 36.0 Å². The van der Waals surface area contributed by atoms with E-state index in [1.807, 2.05) is 12.1 Å². The molecular weight excluding hydrogens is 530 g/mol. The Kier molecular flexibility index (Phi) is 10.2. The van der Waals surface area contributed by atoms with Crippen molar-refractivity contribution >= 4 is 17.7 Å². The van der Waals surface area contributed by atoms with E-state index < -0.39 is 23.8 Å². The number of rotatable bonds is 13. The van der Waals surface area contributed by atoms with Gasteiger partial charge < -0.3 is 38.9 Å². The quantitative estimate of drug-likeness (QED) is 0.324. The fourth-order valence-corrected chi connectivity index (χ4v) is 4.62. The lowest BCUT2D eigenvalue weighted by molar-refractivity contribution is -0.141. The number of furan rings is 1. The number of ether oxygens (including phenoxy) is 4. The van der Waals surface area contributed by atoms with Crippen LogP contribution in [0.1, 0.15) is 40.6 Å². The van der Waals surface area contributed by atoms with Gasteiger partial charge in [0.2, 0.25) is 11.8 Å². The highest BCUT2D eigenvalue weighted by atomic mass is 16.5. The zero-order valence-electron chi connectivity index (χ0n) is 23.4. The summed E-state index contributed by atoms with van der Waals surface area (Å²) >= 11 is 0. The molecule has 0 bridgehead atoms. The Bertz CT molecular complexity index is 1300. The van der Waals surface area contributed by atoms with Gasteiger partial charge in [-0.25, -0.2) is 0 Å². The lowest BCUT2D eigenvalue weighted by atomic mass is 10.0. The summed E-state index contributed by atoms with van der Waals surface area (Å²) in [7, 11) is 4.58. The van der Waals surface area contributed by atoms with E-state index in [-0.39, 0.29) is 25.0 Å². The highest BCUT2D eigenvalue weighted by molar-refractivity contribution is 5.95. The summed E-state index contributed by atoms with van der Waals surface area (Å²) in [6.07, 6.45) is 3.05. The van der Waals surface area contributed by atoms with Crippen molar-refractivity contribution in [1.82, 2.24) is 15.5 Å². The van der Waals surface area contributed by atoms with Gasteiger partial charge in [-0.1, -0.05) is 18.2 Å². The molecule has 11 heteroatoms. The van der Waals surface area contributed by atoms with E-state index in [1.54, 1.807) is 43.5 Å². The summed E-state index contributed by atoms with van der Waals surface area (Å²) in [5.41, 5.74) is 1.26. The van der Waals surface area contributed by atoms with Gasteiger partial charge in [0.25, 0.3) is 5.91 Å². The molecule has 0 radical (unpaired) electrons. The maximum Gasteiger partial charge on any atom is 0.287 e. The van der Waals surface area contributed by atoms with Crippen molar-refractivity contribution in [2.24, 2.45) is 0 Å². The van der Waals surface area contributed by atoms with Gasteiger partial charge >= 0.3 is 0 Å². The number of benzene rings is 2. The van der Waals surface area contributed by atoms with Gasteiger partial charge in [0, 0.05) is 19.7 Å². The minimum Gasteiger partial charge on any atom is -0.497 e. The summed E-state index contributed by atoms with van der Waals surface area (Å²) in [6, 6.07) is 14.3. The maximum atomic E-state index is 13.9. The Morgan fingerprint density at radius 2 is 1.76 bits per heavy atom. The Balaban J connectivity index is 1.68. The van der Waals surface area contributed by atoms with Crippen molar-refractivity contribution in [3.05, 3.63) is 77.7 Å². The Morgan fingerprint density at radius 3 is 2.39 bits per heavy atom. The maximum absolute atomic E-state index is 13.9. The lowest BCUT2D eigenvalue weighted by Crippen LogP contribution is -2.48. The third-order valence-corrected chi connectivity index (χ3v) is 6.79. The van der Waals surface area contributed by atoms with E-state index in [2.05, 4.69) is 10.6 Å². The van der Waals surface area contributed by atoms with Crippen molar-refractivity contribution in [3.8, 4) is 17.2 Å². The van der Waals surface area contributed by atoms with E-state index in [9.17, 15) is 14.4 Å². The van der Waals surface area contributed by atoms with Crippen LogP contribution in [0.3, 0.4) is 0 Å². The second-order valence-electron chi connectivity index (χ2n) is 9.43. The smallest absolute Gasteiger partial charge is 0.287 e. The van der Waals surface area contributed by atoms with Crippen molar-refractivity contribution in [1.29, 1.82) is 0 Å².